The normalized spacial score (nSPS) is 29.0. The SMILES string of the molecule is CC(C)Nc1nc2c(NC3CCOC3)ncnc2n1C1O/C(=C/O)[C@@H](O)[C@H]1O. The Hall–Kier alpha value is -2.63. The van der Waals surface area contributed by atoms with Crippen molar-refractivity contribution in [2.24, 2.45) is 0 Å². The number of anilines is 2. The van der Waals surface area contributed by atoms with Crippen molar-refractivity contribution in [3.63, 3.8) is 0 Å². The maximum absolute atomic E-state index is 10.5. The predicted octanol–water partition coefficient (Wildman–Crippen LogP) is 0.497. The molecule has 0 saturated carbocycles. The number of aliphatic hydroxyl groups is 3. The molecular formula is C17H24N6O5. The third-order valence-corrected chi connectivity index (χ3v) is 4.71. The summed E-state index contributed by atoms with van der Waals surface area (Å²) in [5.74, 6) is 0.842. The quantitative estimate of drug-likeness (QED) is 0.456. The second kappa shape index (κ2) is 7.41. The molecule has 0 aliphatic carbocycles. The molecule has 2 saturated heterocycles. The van der Waals surface area contributed by atoms with Gasteiger partial charge in [-0.2, -0.15) is 0 Å². The molecular weight excluding hydrogens is 368 g/mol. The molecule has 0 radical (unpaired) electrons. The molecule has 0 spiro atoms. The van der Waals surface area contributed by atoms with Crippen LogP contribution >= 0.6 is 0 Å². The Balaban J connectivity index is 1.79. The molecule has 4 rings (SSSR count). The van der Waals surface area contributed by atoms with Crippen LogP contribution in [0.15, 0.2) is 18.3 Å². The van der Waals surface area contributed by atoms with Crippen molar-refractivity contribution < 1.29 is 24.8 Å². The van der Waals surface area contributed by atoms with Crippen molar-refractivity contribution in [3.8, 4) is 0 Å². The van der Waals surface area contributed by atoms with Gasteiger partial charge in [-0.05, 0) is 20.3 Å². The molecule has 0 aromatic carbocycles. The van der Waals surface area contributed by atoms with E-state index in [1.54, 1.807) is 4.57 Å². The van der Waals surface area contributed by atoms with Crippen LogP contribution in [0.25, 0.3) is 11.2 Å². The fraction of sp³-hybridized carbons (Fsp3) is 0.588. The zero-order chi connectivity index (χ0) is 19.8. The molecule has 2 aromatic heterocycles. The first kappa shape index (κ1) is 18.7. The number of ether oxygens (including phenoxy) is 2. The van der Waals surface area contributed by atoms with Crippen molar-refractivity contribution in [2.45, 2.75) is 50.8 Å². The van der Waals surface area contributed by atoms with Crippen LogP contribution in [0.4, 0.5) is 11.8 Å². The Morgan fingerprint density at radius 2 is 2.14 bits per heavy atom. The lowest BCUT2D eigenvalue weighted by Crippen LogP contribution is -2.29. The van der Waals surface area contributed by atoms with E-state index >= 15 is 0 Å². The molecule has 11 heteroatoms. The second-order valence-electron chi connectivity index (χ2n) is 7.18. The standard InChI is InChI=1S/C17H24N6O5/c1-8(2)20-17-22-11-14(21-9-3-4-27-6-9)18-7-19-15(11)23(17)16-13(26)12(25)10(5-24)28-16/h5,7-9,12-13,16,24-26H,3-4,6H2,1-2H3,(H,20,22)(H,18,19,21)/b10-5+/t9?,12-,13-,16?/m1/s1. The van der Waals surface area contributed by atoms with Gasteiger partial charge in [0.2, 0.25) is 12.2 Å². The Morgan fingerprint density at radius 1 is 1.32 bits per heavy atom. The Kier molecular flexibility index (Phi) is 4.96. The molecule has 5 N–H and O–H groups in total. The van der Waals surface area contributed by atoms with E-state index in [1.165, 1.54) is 6.33 Å². The smallest absolute Gasteiger partial charge is 0.209 e. The molecule has 2 fully saturated rings. The molecule has 4 heterocycles. The van der Waals surface area contributed by atoms with Crippen LogP contribution in [0.2, 0.25) is 0 Å². The van der Waals surface area contributed by atoms with E-state index in [0.29, 0.717) is 42.4 Å². The highest BCUT2D eigenvalue weighted by Gasteiger charge is 2.43. The number of nitrogens with zero attached hydrogens (tertiary/aromatic N) is 4. The summed E-state index contributed by atoms with van der Waals surface area (Å²) >= 11 is 0. The van der Waals surface area contributed by atoms with Crippen molar-refractivity contribution in [3.05, 3.63) is 18.3 Å². The summed E-state index contributed by atoms with van der Waals surface area (Å²) < 4.78 is 12.5. The van der Waals surface area contributed by atoms with Crippen molar-refractivity contribution >= 4 is 22.9 Å². The highest BCUT2D eigenvalue weighted by atomic mass is 16.6. The average Bonchev–Trinajstić information content (AvgIpc) is 3.35. The summed E-state index contributed by atoms with van der Waals surface area (Å²) in [6, 6.07) is 0.170. The number of rotatable bonds is 5. The number of aromatic nitrogens is 4. The number of hydrogen-bond acceptors (Lipinski definition) is 10. The van der Waals surface area contributed by atoms with Gasteiger partial charge in [0, 0.05) is 12.6 Å². The monoisotopic (exact) mass is 392 g/mol. The van der Waals surface area contributed by atoms with Crippen LogP contribution < -0.4 is 10.6 Å². The van der Waals surface area contributed by atoms with Crippen LogP contribution in [0.3, 0.4) is 0 Å². The maximum Gasteiger partial charge on any atom is 0.209 e. The lowest BCUT2D eigenvalue weighted by Gasteiger charge is -2.20. The van der Waals surface area contributed by atoms with Gasteiger partial charge in [0.25, 0.3) is 0 Å². The molecule has 2 aliphatic rings. The van der Waals surface area contributed by atoms with Crippen LogP contribution in [0.5, 0.6) is 0 Å². The van der Waals surface area contributed by atoms with Gasteiger partial charge in [-0.1, -0.05) is 0 Å². The van der Waals surface area contributed by atoms with Crippen molar-refractivity contribution in [1.29, 1.82) is 0 Å². The third kappa shape index (κ3) is 3.21. The van der Waals surface area contributed by atoms with E-state index < -0.39 is 18.4 Å². The van der Waals surface area contributed by atoms with Gasteiger partial charge in [-0.25, -0.2) is 15.0 Å². The molecule has 0 amide bonds. The number of imidazole rings is 1. The molecule has 152 valence electrons. The van der Waals surface area contributed by atoms with Crippen LogP contribution in [-0.2, 0) is 9.47 Å². The summed E-state index contributed by atoms with van der Waals surface area (Å²) in [5.41, 5.74) is 0.930. The molecule has 2 aromatic rings. The van der Waals surface area contributed by atoms with Crippen LogP contribution in [-0.4, -0.2) is 72.3 Å². The van der Waals surface area contributed by atoms with E-state index in [1.807, 2.05) is 13.8 Å². The molecule has 11 nitrogen and oxygen atoms in total. The second-order valence-corrected chi connectivity index (χ2v) is 7.18. The number of nitrogens with one attached hydrogen (secondary N) is 2. The summed E-state index contributed by atoms with van der Waals surface area (Å²) in [5, 5.41) is 36.4. The minimum absolute atomic E-state index is 0.0412. The summed E-state index contributed by atoms with van der Waals surface area (Å²) in [6.45, 7) is 5.18. The first-order valence-corrected chi connectivity index (χ1v) is 9.20. The highest BCUT2D eigenvalue weighted by Crippen LogP contribution is 2.37. The topological polar surface area (TPSA) is 147 Å². The zero-order valence-corrected chi connectivity index (χ0v) is 15.6. The first-order valence-electron chi connectivity index (χ1n) is 9.20. The van der Waals surface area contributed by atoms with Crippen molar-refractivity contribution in [2.75, 3.05) is 23.8 Å². The molecule has 2 unspecified atom stereocenters. The fourth-order valence-corrected chi connectivity index (χ4v) is 3.37. The predicted molar refractivity (Wildman–Crippen MR) is 99.8 cm³/mol. The van der Waals surface area contributed by atoms with E-state index in [0.717, 1.165) is 6.42 Å². The van der Waals surface area contributed by atoms with E-state index in [4.69, 9.17) is 9.47 Å². The minimum Gasteiger partial charge on any atom is -0.512 e. The van der Waals surface area contributed by atoms with Gasteiger partial charge >= 0.3 is 0 Å². The first-order chi connectivity index (χ1) is 13.5. The van der Waals surface area contributed by atoms with Crippen LogP contribution in [0, 0.1) is 0 Å². The van der Waals surface area contributed by atoms with Gasteiger partial charge in [0.05, 0.1) is 12.6 Å². The number of fused-ring (bicyclic) bond motifs is 1. The zero-order valence-electron chi connectivity index (χ0n) is 15.6. The van der Waals surface area contributed by atoms with E-state index in [-0.39, 0.29) is 17.8 Å². The largest absolute Gasteiger partial charge is 0.512 e. The average molecular weight is 392 g/mol. The maximum atomic E-state index is 10.5. The summed E-state index contributed by atoms with van der Waals surface area (Å²) in [4.78, 5) is 13.3. The van der Waals surface area contributed by atoms with Gasteiger partial charge in [0.1, 0.15) is 24.8 Å². The number of hydrogen-bond donors (Lipinski definition) is 5. The molecule has 4 atom stereocenters. The Bertz CT molecular complexity index is 878. The third-order valence-electron chi connectivity index (χ3n) is 4.71. The molecule has 2 aliphatic heterocycles. The number of aliphatic hydroxyl groups excluding tert-OH is 3. The Morgan fingerprint density at radius 3 is 2.79 bits per heavy atom. The Labute approximate surface area is 161 Å². The lowest BCUT2D eigenvalue weighted by molar-refractivity contribution is -0.0110. The van der Waals surface area contributed by atoms with Gasteiger partial charge in [-0.15, -0.1) is 0 Å². The molecule has 28 heavy (non-hydrogen) atoms. The molecule has 0 bridgehead atoms. The lowest BCUT2D eigenvalue weighted by atomic mass is 10.2. The highest BCUT2D eigenvalue weighted by molar-refractivity contribution is 5.85. The van der Waals surface area contributed by atoms with Crippen LogP contribution in [0.1, 0.15) is 26.5 Å². The van der Waals surface area contributed by atoms with E-state index in [2.05, 4.69) is 25.6 Å². The van der Waals surface area contributed by atoms with Gasteiger partial charge in [0.15, 0.2) is 22.7 Å². The van der Waals surface area contributed by atoms with Gasteiger partial charge < -0.3 is 35.4 Å². The fourth-order valence-electron chi connectivity index (χ4n) is 3.37. The summed E-state index contributed by atoms with van der Waals surface area (Å²) in [6.07, 6.45) is -0.766. The minimum atomic E-state index is -1.35. The van der Waals surface area contributed by atoms with Crippen molar-refractivity contribution in [1.82, 2.24) is 19.5 Å². The van der Waals surface area contributed by atoms with Gasteiger partial charge in [-0.3, -0.25) is 4.57 Å². The van der Waals surface area contributed by atoms with E-state index in [9.17, 15) is 15.3 Å². The summed E-state index contributed by atoms with van der Waals surface area (Å²) in [7, 11) is 0.